The van der Waals surface area contributed by atoms with Crippen LogP contribution in [0.5, 0.6) is 5.75 Å². The summed E-state index contributed by atoms with van der Waals surface area (Å²) in [6.45, 7) is 3.94. The number of amides is 1. The number of carbonyl (C=O) groups is 1. The average molecular weight is 337 g/mol. The molecule has 0 atom stereocenters. The maximum atomic E-state index is 12.0. The highest BCUT2D eigenvalue weighted by atomic mass is 16.5. The fraction of sp³-hybridized carbons (Fsp3) is 0.211. The minimum Gasteiger partial charge on any atom is -0.484 e. The topological polar surface area (TPSA) is 77.2 Å². The van der Waals surface area contributed by atoms with Crippen LogP contribution in [-0.4, -0.2) is 22.7 Å². The predicted molar refractivity (Wildman–Crippen MR) is 94.4 cm³/mol. The highest BCUT2D eigenvalue weighted by Crippen LogP contribution is 2.19. The molecule has 1 aromatic heterocycles. The molecule has 6 heteroatoms. The number of carbonyl (C=O) groups excluding carboxylic acids is 1. The molecule has 1 N–H and O–H groups in total. The van der Waals surface area contributed by atoms with Gasteiger partial charge in [0.25, 0.3) is 17.7 Å². The van der Waals surface area contributed by atoms with E-state index in [1.165, 1.54) is 5.56 Å². The number of nitrogens with zero attached hydrogens (tertiary/aromatic N) is 2. The summed E-state index contributed by atoms with van der Waals surface area (Å²) in [5.41, 5.74) is 3.11. The van der Waals surface area contributed by atoms with E-state index in [0.29, 0.717) is 11.6 Å². The van der Waals surface area contributed by atoms with Gasteiger partial charge in [-0.3, -0.25) is 10.1 Å². The van der Waals surface area contributed by atoms with Gasteiger partial charge in [0.2, 0.25) is 0 Å². The third-order valence-corrected chi connectivity index (χ3v) is 3.64. The van der Waals surface area contributed by atoms with Gasteiger partial charge < -0.3 is 9.26 Å². The maximum absolute atomic E-state index is 12.0. The second kappa shape index (κ2) is 7.61. The number of anilines is 1. The molecule has 0 bridgehead atoms. The number of aryl methyl sites for hydroxylation is 2. The van der Waals surface area contributed by atoms with E-state index >= 15 is 0 Å². The number of rotatable bonds is 6. The molecule has 0 fully saturated rings. The third-order valence-electron chi connectivity index (χ3n) is 3.64. The predicted octanol–water partition coefficient (Wildman–Crippen LogP) is 3.62. The van der Waals surface area contributed by atoms with Crippen LogP contribution < -0.4 is 10.1 Å². The van der Waals surface area contributed by atoms with E-state index in [2.05, 4.69) is 22.4 Å². The molecule has 0 unspecified atom stereocenters. The molecule has 1 heterocycles. The van der Waals surface area contributed by atoms with Crippen molar-refractivity contribution in [2.24, 2.45) is 0 Å². The lowest BCUT2D eigenvalue weighted by molar-refractivity contribution is -0.118. The van der Waals surface area contributed by atoms with Crippen LogP contribution in [0, 0.1) is 6.92 Å². The molecule has 0 aliphatic heterocycles. The summed E-state index contributed by atoms with van der Waals surface area (Å²) in [5.74, 6) is 0.763. The van der Waals surface area contributed by atoms with E-state index in [4.69, 9.17) is 9.26 Å². The Morgan fingerprint density at radius 1 is 1.20 bits per heavy atom. The lowest BCUT2D eigenvalue weighted by atomic mass is 10.1. The van der Waals surface area contributed by atoms with E-state index < -0.39 is 0 Å². The first-order chi connectivity index (χ1) is 12.1. The van der Waals surface area contributed by atoms with Crippen LogP contribution in [0.3, 0.4) is 0 Å². The van der Waals surface area contributed by atoms with Gasteiger partial charge in [0, 0.05) is 5.56 Å². The van der Waals surface area contributed by atoms with E-state index in [0.717, 1.165) is 17.5 Å². The molecule has 0 spiro atoms. The van der Waals surface area contributed by atoms with Crippen LogP contribution in [0.1, 0.15) is 18.1 Å². The summed E-state index contributed by atoms with van der Waals surface area (Å²) >= 11 is 0. The zero-order valence-electron chi connectivity index (χ0n) is 14.2. The summed E-state index contributed by atoms with van der Waals surface area (Å²) in [6, 6.07) is 15.3. The second-order valence-corrected chi connectivity index (χ2v) is 5.63. The van der Waals surface area contributed by atoms with Crippen LogP contribution >= 0.6 is 0 Å². The van der Waals surface area contributed by atoms with Crippen molar-refractivity contribution < 1.29 is 14.1 Å². The maximum Gasteiger partial charge on any atom is 0.270 e. The molecule has 25 heavy (non-hydrogen) atoms. The van der Waals surface area contributed by atoms with Crippen LogP contribution in [0.15, 0.2) is 53.1 Å². The molecule has 1 amide bonds. The molecule has 0 aliphatic carbocycles. The van der Waals surface area contributed by atoms with Crippen LogP contribution in [0.25, 0.3) is 11.5 Å². The van der Waals surface area contributed by atoms with Gasteiger partial charge in [-0.1, -0.05) is 36.8 Å². The lowest BCUT2D eigenvalue weighted by Crippen LogP contribution is -2.20. The number of hydrogen-bond donors (Lipinski definition) is 1. The normalized spacial score (nSPS) is 10.5. The van der Waals surface area contributed by atoms with Gasteiger partial charge in [0.1, 0.15) is 5.75 Å². The first kappa shape index (κ1) is 16.7. The Bertz CT molecular complexity index is 856. The molecule has 6 nitrogen and oxygen atoms in total. The fourth-order valence-electron chi connectivity index (χ4n) is 2.30. The minimum atomic E-state index is -0.351. The van der Waals surface area contributed by atoms with Crippen molar-refractivity contribution >= 4 is 11.9 Å². The second-order valence-electron chi connectivity index (χ2n) is 5.63. The quantitative estimate of drug-likeness (QED) is 0.743. The molecule has 0 saturated carbocycles. The van der Waals surface area contributed by atoms with Gasteiger partial charge >= 0.3 is 0 Å². The Kier molecular flexibility index (Phi) is 5.09. The van der Waals surface area contributed by atoms with Crippen molar-refractivity contribution in [2.75, 3.05) is 11.9 Å². The number of aromatic nitrogens is 2. The van der Waals surface area contributed by atoms with Gasteiger partial charge in [-0.25, -0.2) is 0 Å². The Morgan fingerprint density at radius 2 is 2.00 bits per heavy atom. The van der Waals surface area contributed by atoms with E-state index in [-0.39, 0.29) is 18.5 Å². The van der Waals surface area contributed by atoms with Crippen molar-refractivity contribution in [3.05, 3.63) is 59.7 Å². The Morgan fingerprint density at radius 3 is 2.72 bits per heavy atom. The number of benzene rings is 2. The van der Waals surface area contributed by atoms with Crippen LogP contribution in [0.2, 0.25) is 0 Å². The summed E-state index contributed by atoms with van der Waals surface area (Å²) in [5, 5.41) is 6.33. The lowest BCUT2D eigenvalue weighted by Gasteiger charge is -2.05. The largest absolute Gasteiger partial charge is 0.484 e. The molecule has 3 aromatic rings. The smallest absolute Gasteiger partial charge is 0.270 e. The Balaban J connectivity index is 1.56. The van der Waals surface area contributed by atoms with Gasteiger partial charge in [-0.15, -0.1) is 0 Å². The summed E-state index contributed by atoms with van der Waals surface area (Å²) in [6.07, 6.45) is 0.960. The highest BCUT2D eigenvalue weighted by molar-refractivity contribution is 5.90. The fourth-order valence-corrected chi connectivity index (χ4v) is 2.30. The summed E-state index contributed by atoms with van der Waals surface area (Å²) in [7, 11) is 0. The zero-order chi connectivity index (χ0) is 17.6. The summed E-state index contributed by atoms with van der Waals surface area (Å²) < 4.78 is 10.6. The van der Waals surface area contributed by atoms with Gasteiger partial charge in [-0.05, 0) is 48.3 Å². The van der Waals surface area contributed by atoms with Crippen molar-refractivity contribution in [3.8, 4) is 17.2 Å². The van der Waals surface area contributed by atoms with Crippen molar-refractivity contribution in [3.63, 3.8) is 0 Å². The number of ether oxygens (including phenoxy) is 1. The molecule has 0 radical (unpaired) electrons. The van der Waals surface area contributed by atoms with Gasteiger partial charge in [0.15, 0.2) is 6.61 Å². The van der Waals surface area contributed by atoms with Crippen molar-refractivity contribution in [1.82, 2.24) is 10.1 Å². The highest BCUT2D eigenvalue weighted by Gasteiger charge is 2.12. The average Bonchev–Trinajstić information content (AvgIpc) is 3.09. The first-order valence-electron chi connectivity index (χ1n) is 8.06. The standard InChI is InChI=1S/C19H19N3O3/c1-3-14-7-9-16(10-8-14)24-12-17(23)20-19-21-18(25-22-19)15-6-4-5-13(2)11-15/h4-11H,3,12H2,1-2H3,(H,20,22,23). The molecule has 3 rings (SSSR count). The molecule has 128 valence electrons. The Hall–Kier alpha value is -3.15. The van der Waals surface area contributed by atoms with E-state index in [1.54, 1.807) is 0 Å². The zero-order valence-corrected chi connectivity index (χ0v) is 14.2. The number of hydrogen-bond acceptors (Lipinski definition) is 5. The third kappa shape index (κ3) is 4.44. The number of nitrogens with one attached hydrogen (secondary N) is 1. The molecule has 2 aromatic carbocycles. The molecule has 0 saturated heterocycles. The summed E-state index contributed by atoms with van der Waals surface area (Å²) in [4.78, 5) is 16.1. The van der Waals surface area contributed by atoms with Crippen molar-refractivity contribution in [2.45, 2.75) is 20.3 Å². The van der Waals surface area contributed by atoms with Crippen LogP contribution in [-0.2, 0) is 11.2 Å². The van der Waals surface area contributed by atoms with E-state index in [1.807, 2.05) is 55.5 Å². The monoisotopic (exact) mass is 337 g/mol. The van der Waals surface area contributed by atoms with Gasteiger partial charge in [-0.2, -0.15) is 4.98 Å². The van der Waals surface area contributed by atoms with E-state index in [9.17, 15) is 4.79 Å². The minimum absolute atomic E-state index is 0.117. The first-order valence-corrected chi connectivity index (χ1v) is 8.06. The SMILES string of the molecule is CCc1ccc(OCC(=O)Nc2noc(-c3cccc(C)c3)n2)cc1. The molecular formula is C19H19N3O3. The van der Waals surface area contributed by atoms with Crippen LogP contribution in [0.4, 0.5) is 5.95 Å². The van der Waals surface area contributed by atoms with Crippen molar-refractivity contribution in [1.29, 1.82) is 0 Å². The molecular weight excluding hydrogens is 318 g/mol. The Labute approximate surface area is 145 Å². The van der Waals surface area contributed by atoms with Gasteiger partial charge in [0.05, 0.1) is 0 Å². The molecule has 0 aliphatic rings.